The van der Waals surface area contributed by atoms with Crippen LogP contribution < -0.4 is 5.32 Å². The van der Waals surface area contributed by atoms with E-state index in [4.69, 9.17) is 4.42 Å². The number of amides is 3. The molecule has 0 aromatic carbocycles. The molecule has 1 aromatic heterocycles. The van der Waals surface area contributed by atoms with Crippen molar-refractivity contribution in [2.75, 3.05) is 19.6 Å². The topological polar surface area (TPSA) is 82.9 Å². The predicted molar refractivity (Wildman–Crippen MR) is 139 cm³/mol. The van der Waals surface area contributed by atoms with Crippen LogP contribution in [0.3, 0.4) is 0 Å². The second-order valence-corrected chi connectivity index (χ2v) is 10.1. The van der Waals surface area contributed by atoms with Gasteiger partial charge in [0.1, 0.15) is 6.04 Å². The first kappa shape index (κ1) is 28.9. The van der Waals surface area contributed by atoms with E-state index in [0.29, 0.717) is 31.8 Å². The number of piperazine rings is 1. The van der Waals surface area contributed by atoms with E-state index in [1.807, 2.05) is 20.8 Å². The van der Waals surface area contributed by atoms with Crippen molar-refractivity contribution in [2.24, 2.45) is 5.92 Å². The molecular formula is C28H47N3O4. The molecule has 1 N–H and O–H groups in total. The lowest BCUT2D eigenvalue weighted by molar-refractivity contribution is -0.140. The highest BCUT2D eigenvalue weighted by molar-refractivity contribution is 5.92. The Labute approximate surface area is 212 Å². The number of unbranched alkanes of at least 4 members (excludes halogenated alkanes) is 8. The van der Waals surface area contributed by atoms with Crippen molar-refractivity contribution in [1.29, 1.82) is 0 Å². The van der Waals surface area contributed by atoms with E-state index in [-0.39, 0.29) is 29.7 Å². The summed E-state index contributed by atoms with van der Waals surface area (Å²) in [7, 11) is 0. The summed E-state index contributed by atoms with van der Waals surface area (Å²) in [6.45, 7) is 9.59. The molecule has 35 heavy (non-hydrogen) atoms. The van der Waals surface area contributed by atoms with Gasteiger partial charge < -0.3 is 19.5 Å². The zero-order valence-electron chi connectivity index (χ0n) is 22.4. The van der Waals surface area contributed by atoms with Gasteiger partial charge in [0, 0.05) is 32.1 Å². The highest BCUT2D eigenvalue weighted by atomic mass is 16.3. The van der Waals surface area contributed by atoms with E-state index in [0.717, 1.165) is 19.3 Å². The van der Waals surface area contributed by atoms with E-state index in [1.54, 1.807) is 21.9 Å². The van der Waals surface area contributed by atoms with Crippen molar-refractivity contribution in [3.8, 4) is 0 Å². The van der Waals surface area contributed by atoms with Crippen molar-refractivity contribution in [2.45, 2.75) is 110 Å². The van der Waals surface area contributed by atoms with Crippen LogP contribution in [0.15, 0.2) is 22.8 Å². The second-order valence-electron chi connectivity index (χ2n) is 10.1. The fraction of sp³-hybridized carbons (Fsp3) is 0.750. The zero-order valence-corrected chi connectivity index (χ0v) is 22.4. The molecule has 1 aromatic rings. The molecule has 198 valence electrons. The number of rotatable bonds is 15. The summed E-state index contributed by atoms with van der Waals surface area (Å²) in [6.07, 6.45) is 13.6. The molecule has 0 bridgehead atoms. The Balaban J connectivity index is 1.78. The Hall–Kier alpha value is -2.31. The number of carbonyl (C=O) groups is 3. The fourth-order valence-corrected chi connectivity index (χ4v) is 4.72. The Morgan fingerprint density at radius 2 is 1.69 bits per heavy atom. The van der Waals surface area contributed by atoms with Crippen LogP contribution in [0.2, 0.25) is 0 Å². The molecule has 1 fully saturated rings. The van der Waals surface area contributed by atoms with Crippen LogP contribution >= 0.6 is 0 Å². The first-order chi connectivity index (χ1) is 16.9. The van der Waals surface area contributed by atoms with Crippen LogP contribution in [0.5, 0.6) is 0 Å². The predicted octanol–water partition coefficient (Wildman–Crippen LogP) is 5.40. The molecule has 1 aliphatic heterocycles. The van der Waals surface area contributed by atoms with Gasteiger partial charge in [-0.25, -0.2) is 0 Å². The van der Waals surface area contributed by atoms with Gasteiger partial charge in [0.2, 0.25) is 11.8 Å². The minimum absolute atomic E-state index is 0.0359. The lowest BCUT2D eigenvalue weighted by Crippen LogP contribution is -2.60. The van der Waals surface area contributed by atoms with E-state index in [2.05, 4.69) is 12.2 Å². The van der Waals surface area contributed by atoms with E-state index < -0.39 is 6.04 Å². The summed E-state index contributed by atoms with van der Waals surface area (Å²) in [5.74, 6) is 0.135. The lowest BCUT2D eigenvalue weighted by atomic mass is 9.96. The molecule has 2 rings (SSSR count). The maximum absolute atomic E-state index is 13.4. The molecular weight excluding hydrogens is 442 g/mol. The van der Waals surface area contributed by atoms with Gasteiger partial charge in [-0.05, 0) is 31.4 Å². The van der Waals surface area contributed by atoms with Gasteiger partial charge in [-0.15, -0.1) is 0 Å². The van der Waals surface area contributed by atoms with Gasteiger partial charge >= 0.3 is 0 Å². The van der Waals surface area contributed by atoms with Gasteiger partial charge in [0.15, 0.2) is 5.76 Å². The molecule has 1 aliphatic rings. The third kappa shape index (κ3) is 9.34. The highest BCUT2D eigenvalue weighted by Crippen LogP contribution is 2.18. The molecule has 0 saturated carbocycles. The zero-order chi connectivity index (χ0) is 25.6. The summed E-state index contributed by atoms with van der Waals surface area (Å²) >= 11 is 0. The SMILES string of the molecule is CCCCCCCCCCCC(=O)NC(C(=O)N1CCN(C(=O)c2ccco2)C(C)C1)C(C)CC. The smallest absolute Gasteiger partial charge is 0.289 e. The maximum Gasteiger partial charge on any atom is 0.289 e. The van der Waals surface area contributed by atoms with Gasteiger partial charge in [-0.3, -0.25) is 14.4 Å². The van der Waals surface area contributed by atoms with Gasteiger partial charge in [0.05, 0.1) is 6.26 Å². The molecule has 0 spiro atoms. The molecule has 0 radical (unpaired) electrons. The number of hydrogen-bond donors (Lipinski definition) is 1. The first-order valence-corrected chi connectivity index (χ1v) is 13.8. The molecule has 0 aliphatic carbocycles. The van der Waals surface area contributed by atoms with Gasteiger partial charge in [-0.1, -0.05) is 78.6 Å². The first-order valence-electron chi connectivity index (χ1n) is 13.8. The minimum atomic E-state index is -0.523. The van der Waals surface area contributed by atoms with Gasteiger partial charge in [-0.2, -0.15) is 0 Å². The summed E-state index contributed by atoms with van der Waals surface area (Å²) in [6, 6.07) is 2.71. The van der Waals surface area contributed by atoms with E-state index in [9.17, 15) is 14.4 Å². The number of furan rings is 1. The normalized spacial score (nSPS) is 17.8. The van der Waals surface area contributed by atoms with Crippen LogP contribution in [-0.4, -0.2) is 59.2 Å². The molecule has 3 atom stereocenters. The van der Waals surface area contributed by atoms with Crippen LogP contribution in [0.4, 0.5) is 0 Å². The number of carbonyl (C=O) groups excluding carboxylic acids is 3. The Morgan fingerprint density at radius 3 is 2.26 bits per heavy atom. The summed E-state index contributed by atoms with van der Waals surface area (Å²) in [4.78, 5) is 42.3. The average Bonchev–Trinajstić information content (AvgIpc) is 3.40. The molecule has 3 unspecified atom stereocenters. The Morgan fingerprint density at radius 1 is 1.03 bits per heavy atom. The van der Waals surface area contributed by atoms with Crippen LogP contribution in [0.1, 0.15) is 109 Å². The van der Waals surface area contributed by atoms with Crippen LogP contribution in [0, 0.1) is 5.92 Å². The maximum atomic E-state index is 13.4. The quantitative estimate of drug-likeness (QED) is 0.334. The fourth-order valence-electron chi connectivity index (χ4n) is 4.72. The molecule has 7 nitrogen and oxygen atoms in total. The minimum Gasteiger partial charge on any atom is -0.459 e. The number of nitrogens with one attached hydrogen (secondary N) is 1. The van der Waals surface area contributed by atoms with Crippen LogP contribution in [-0.2, 0) is 9.59 Å². The summed E-state index contributed by atoms with van der Waals surface area (Å²) < 4.78 is 5.25. The third-order valence-corrected chi connectivity index (χ3v) is 7.23. The molecule has 1 saturated heterocycles. The average molecular weight is 490 g/mol. The Kier molecular flexibility index (Phi) is 12.9. The van der Waals surface area contributed by atoms with E-state index in [1.165, 1.54) is 51.2 Å². The van der Waals surface area contributed by atoms with Crippen LogP contribution in [0.25, 0.3) is 0 Å². The Bertz CT molecular complexity index is 764. The van der Waals surface area contributed by atoms with E-state index >= 15 is 0 Å². The largest absolute Gasteiger partial charge is 0.459 e. The van der Waals surface area contributed by atoms with Crippen molar-refractivity contribution in [3.05, 3.63) is 24.2 Å². The standard InChI is InChI=1S/C28H47N3O4/c1-5-7-8-9-10-11-12-13-14-17-25(32)29-26(22(3)6-2)28(34)30-18-19-31(23(4)21-30)27(33)24-16-15-20-35-24/h15-16,20,22-23,26H,5-14,17-19,21H2,1-4H3,(H,29,32). The molecule has 2 heterocycles. The number of hydrogen-bond acceptors (Lipinski definition) is 4. The van der Waals surface area contributed by atoms with Crippen molar-refractivity contribution < 1.29 is 18.8 Å². The third-order valence-electron chi connectivity index (χ3n) is 7.23. The number of nitrogens with zero attached hydrogens (tertiary/aromatic N) is 2. The molecule has 3 amide bonds. The van der Waals surface area contributed by atoms with Crippen molar-refractivity contribution in [1.82, 2.24) is 15.1 Å². The lowest BCUT2D eigenvalue weighted by Gasteiger charge is -2.41. The summed E-state index contributed by atoms with van der Waals surface area (Å²) in [5.41, 5.74) is 0. The van der Waals surface area contributed by atoms with Gasteiger partial charge in [0.25, 0.3) is 5.91 Å². The second kappa shape index (κ2) is 15.6. The highest BCUT2D eigenvalue weighted by Gasteiger charge is 2.35. The summed E-state index contributed by atoms with van der Waals surface area (Å²) in [5, 5.41) is 3.04. The monoisotopic (exact) mass is 489 g/mol. The van der Waals surface area contributed by atoms with Crippen molar-refractivity contribution in [3.63, 3.8) is 0 Å². The van der Waals surface area contributed by atoms with Crippen molar-refractivity contribution >= 4 is 17.7 Å². The molecule has 7 heteroatoms.